The topological polar surface area (TPSA) is 69.4 Å². The number of para-hydroxylation sites is 1. The predicted octanol–water partition coefficient (Wildman–Crippen LogP) is 3.90. The van der Waals surface area contributed by atoms with Gasteiger partial charge in [0, 0.05) is 11.6 Å². The van der Waals surface area contributed by atoms with Crippen LogP contribution in [0, 0.1) is 17.0 Å². The molecule has 0 fully saturated rings. The normalized spacial score (nSPS) is 10.1. The summed E-state index contributed by atoms with van der Waals surface area (Å²) in [6.45, 7) is 3.10. The fourth-order valence-electron chi connectivity index (χ4n) is 1.87. The van der Waals surface area contributed by atoms with E-state index in [0.29, 0.717) is 22.6 Å². The highest BCUT2D eigenvalue weighted by Crippen LogP contribution is 2.29. The molecule has 0 heterocycles. The minimum absolute atomic E-state index is 0.0391. The number of nitro benzene ring substituents is 1. The molecule has 0 bridgehead atoms. The second-order valence-corrected chi connectivity index (χ2v) is 4.36. The van der Waals surface area contributed by atoms with Crippen molar-refractivity contribution in [1.82, 2.24) is 0 Å². The van der Waals surface area contributed by atoms with Crippen LogP contribution in [0.4, 0.5) is 5.69 Å². The van der Waals surface area contributed by atoms with Crippen LogP contribution in [0.15, 0.2) is 42.5 Å². The zero-order valence-corrected chi connectivity index (χ0v) is 11.1. The Labute approximate surface area is 116 Å². The quantitative estimate of drug-likeness (QED) is 0.480. The number of rotatable bonds is 4. The Hall–Kier alpha value is -2.69. The molecule has 0 atom stereocenters. The van der Waals surface area contributed by atoms with Gasteiger partial charge in [0.2, 0.25) is 0 Å². The highest BCUT2D eigenvalue weighted by atomic mass is 16.6. The molecule has 2 aromatic rings. The van der Waals surface area contributed by atoms with Gasteiger partial charge < -0.3 is 4.74 Å². The molecule has 0 radical (unpaired) electrons. The number of carbonyl (C=O) groups excluding carboxylic acids is 1. The standard InChI is InChI=1S/C15H13NO4/c1-10-9-12(7-8-14(10)16(18)19)20-15-6-4-3-5-13(15)11(2)17/h3-9H,1-2H3. The Morgan fingerprint density at radius 1 is 1.20 bits per heavy atom. The van der Waals surface area contributed by atoms with Crippen LogP contribution in [0.25, 0.3) is 0 Å². The summed E-state index contributed by atoms with van der Waals surface area (Å²) in [6, 6.07) is 11.4. The van der Waals surface area contributed by atoms with Crippen LogP contribution >= 0.6 is 0 Å². The van der Waals surface area contributed by atoms with Gasteiger partial charge in [0.25, 0.3) is 5.69 Å². The van der Waals surface area contributed by atoms with E-state index in [1.54, 1.807) is 37.3 Å². The van der Waals surface area contributed by atoms with Gasteiger partial charge in [0.05, 0.1) is 10.5 Å². The van der Waals surface area contributed by atoms with Crippen molar-refractivity contribution in [3.8, 4) is 11.5 Å². The molecule has 0 aromatic heterocycles. The van der Waals surface area contributed by atoms with Gasteiger partial charge in [0.1, 0.15) is 11.5 Å². The van der Waals surface area contributed by atoms with Crippen molar-refractivity contribution >= 4 is 11.5 Å². The molecule has 0 saturated heterocycles. The molecule has 5 nitrogen and oxygen atoms in total. The van der Waals surface area contributed by atoms with Gasteiger partial charge in [-0.2, -0.15) is 0 Å². The summed E-state index contributed by atoms with van der Waals surface area (Å²) in [4.78, 5) is 21.8. The third-order valence-corrected chi connectivity index (χ3v) is 2.86. The van der Waals surface area contributed by atoms with Crippen molar-refractivity contribution in [2.75, 3.05) is 0 Å². The van der Waals surface area contributed by atoms with Gasteiger partial charge in [-0.05, 0) is 38.1 Å². The fourth-order valence-corrected chi connectivity index (χ4v) is 1.87. The molecule has 0 aliphatic rings. The number of ketones is 1. The summed E-state index contributed by atoms with van der Waals surface area (Å²) in [5, 5.41) is 10.8. The first-order valence-corrected chi connectivity index (χ1v) is 6.02. The lowest BCUT2D eigenvalue weighted by molar-refractivity contribution is -0.385. The molecule has 20 heavy (non-hydrogen) atoms. The minimum atomic E-state index is -0.442. The fraction of sp³-hybridized carbons (Fsp3) is 0.133. The van der Waals surface area contributed by atoms with Crippen molar-refractivity contribution in [2.45, 2.75) is 13.8 Å². The zero-order chi connectivity index (χ0) is 14.7. The number of Topliss-reactive ketones (excluding diaryl/α,β-unsaturated/α-hetero) is 1. The maximum absolute atomic E-state index is 11.5. The molecule has 0 unspecified atom stereocenters. The van der Waals surface area contributed by atoms with E-state index in [9.17, 15) is 14.9 Å². The first-order chi connectivity index (χ1) is 9.49. The summed E-state index contributed by atoms with van der Waals surface area (Å²) in [5.74, 6) is 0.800. The maximum atomic E-state index is 11.5. The van der Waals surface area contributed by atoms with E-state index in [1.165, 1.54) is 19.1 Å². The number of ether oxygens (including phenoxy) is 1. The van der Waals surface area contributed by atoms with Crippen molar-refractivity contribution in [1.29, 1.82) is 0 Å². The van der Waals surface area contributed by atoms with E-state index in [-0.39, 0.29) is 11.5 Å². The SMILES string of the molecule is CC(=O)c1ccccc1Oc1ccc([N+](=O)[O-])c(C)c1. The second kappa shape index (κ2) is 5.52. The van der Waals surface area contributed by atoms with E-state index < -0.39 is 4.92 Å². The minimum Gasteiger partial charge on any atom is -0.457 e. The van der Waals surface area contributed by atoms with Crippen LogP contribution in [0.3, 0.4) is 0 Å². The van der Waals surface area contributed by atoms with Gasteiger partial charge in [-0.3, -0.25) is 14.9 Å². The van der Waals surface area contributed by atoms with Gasteiger partial charge >= 0.3 is 0 Å². The Kier molecular flexibility index (Phi) is 3.79. The maximum Gasteiger partial charge on any atom is 0.272 e. The highest BCUT2D eigenvalue weighted by Gasteiger charge is 2.13. The second-order valence-electron chi connectivity index (χ2n) is 4.36. The summed E-state index contributed by atoms with van der Waals surface area (Å²) in [7, 11) is 0. The zero-order valence-electron chi connectivity index (χ0n) is 11.1. The van der Waals surface area contributed by atoms with Gasteiger partial charge in [0.15, 0.2) is 5.78 Å². The van der Waals surface area contributed by atoms with Crippen LogP contribution < -0.4 is 4.74 Å². The number of hydrogen-bond donors (Lipinski definition) is 0. The summed E-state index contributed by atoms with van der Waals surface area (Å²) < 4.78 is 5.64. The Morgan fingerprint density at radius 2 is 1.90 bits per heavy atom. The molecular formula is C15H13NO4. The number of nitrogens with zero attached hydrogens (tertiary/aromatic N) is 1. The molecule has 0 aliphatic carbocycles. The number of benzene rings is 2. The molecular weight excluding hydrogens is 258 g/mol. The van der Waals surface area contributed by atoms with Crippen molar-refractivity contribution < 1.29 is 14.5 Å². The van der Waals surface area contributed by atoms with Crippen LogP contribution in [0.1, 0.15) is 22.8 Å². The highest BCUT2D eigenvalue weighted by molar-refractivity contribution is 5.96. The molecule has 2 rings (SSSR count). The van der Waals surface area contributed by atoms with Crippen molar-refractivity contribution in [2.24, 2.45) is 0 Å². The monoisotopic (exact) mass is 271 g/mol. The smallest absolute Gasteiger partial charge is 0.272 e. The summed E-state index contributed by atoms with van der Waals surface area (Å²) in [5.41, 5.74) is 1.02. The number of carbonyl (C=O) groups is 1. The lowest BCUT2D eigenvalue weighted by Crippen LogP contribution is -1.97. The average Bonchev–Trinajstić information content (AvgIpc) is 2.38. The molecule has 0 amide bonds. The van der Waals surface area contributed by atoms with Crippen LogP contribution in [-0.4, -0.2) is 10.7 Å². The molecule has 5 heteroatoms. The Balaban J connectivity index is 2.34. The third kappa shape index (κ3) is 2.83. The van der Waals surface area contributed by atoms with Crippen molar-refractivity contribution in [3.63, 3.8) is 0 Å². The molecule has 2 aromatic carbocycles. The largest absolute Gasteiger partial charge is 0.457 e. The van der Waals surface area contributed by atoms with Crippen molar-refractivity contribution in [3.05, 3.63) is 63.7 Å². The van der Waals surface area contributed by atoms with Gasteiger partial charge in [-0.1, -0.05) is 12.1 Å². The first-order valence-electron chi connectivity index (χ1n) is 6.02. The van der Waals surface area contributed by atoms with Gasteiger partial charge in [-0.15, -0.1) is 0 Å². The number of hydrogen-bond acceptors (Lipinski definition) is 4. The third-order valence-electron chi connectivity index (χ3n) is 2.86. The number of aryl methyl sites for hydroxylation is 1. The van der Waals surface area contributed by atoms with Crippen LogP contribution in [-0.2, 0) is 0 Å². The summed E-state index contributed by atoms with van der Waals surface area (Å²) >= 11 is 0. The lowest BCUT2D eigenvalue weighted by atomic mass is 10.1. The summed E-state index contributed by atoms with van der Waals surface area (Å²) in [6.07, 6.45) is 0. The molecule has 102 valence electrons. The van der Waals surface area contributed by atoms with E-state index >= 15 is 0 Å². The van der Waals surface area contributed by atoms with E-state index in [0.717, 1.165) is 0 Å². The lowest BCUT2D eigenvalue weighted by Gasteiger charge is -2.09. The molecule has 0 saturated carbocycles. The molecule has 0 N–H and O–H groups in total. The Bertz CT molecular complexity index is 679. The predicted molar refractivity (Wildman–Crippen MR) is 74.4 cm³/mol. The van der Waals surface area contributed by atoms with Gasteiger partial charge in [-0.25, -0.2) is 0 Å². The Morgan fingerprint density at radius 3 is 2.50 bits per heavy atom. The van der Waals surface area contributed by atoms with E-state index in [2.05, 4.69) is 0 Å². The molecule has 0 spiro atoms. The van der Waals surface area contributed by atoms with Crippen LogP contribution in [0.2, 0.25) is 0 Å². The van der Waals surface area contributed by atoms with Crippen LogP contribution in [0.5, 0.6) is 11.5 Å². The molecule has 0 aliphatic heterocycles. The average molecular weight is 271 g/mol. The number of nitro groups is 1. The first kappa shape index (κ1) is 13.7. The van der Waals surface area contributed by atoms with E-state index in [4.69, 9.17) is 4.74 Å². The van der Waals surface area contributed by atoms with E-state index in [1.807, 2.05) is 0 Å².